The molecule has 0 radical (unpaired) electrons. The molecule has 0 spiro atoms. The van der Waals surface area contributed by atoms with Crippen molar-refractivity contribution in [1.82, 2.24) is 24.9 Å². The van der Waals surface area contributed by atoms with Crippen molar-refractivity contribution < 1.29 is 9.13 Å². The van der Waals surface area contributed by atoms with E-state index in [4.69, 9.17) is 16.3 Å². The van der Waals surface area contributed by atoms with Crippen LogP contribution in [0.25, 0.3) is 11.3 Å². The highest BCUT2D eigenvalue weighted by atomic mass is 35.5. The van der Waals surface area contributed by atoms with Gasteiger partial charge in [0.15, 0.2) is 11.6 Å². The van der Waals surface area contributed by atoms with Crippen LogP contribution in [-0.4, -0.2) is 57.4 Å². The fourth-order valence-corrected chi connectivity index (χ4v) is 4.01. The largest absolute Gasteiger partial charge is 0.378 e. The van der Waals surface area contributed by atoms with Gasteiger partial charge < -0.3 is 15.0 Å². The molecule has 1 aliphatic rings. The molecule has 4 heterocycles. The van der Waals surface area contributed by atoms with Crippen molar-refractivity contribution in [2.75, 3.05) is 41.9 Å². The number of hydrogen-bond donors (Lipinski definition) is 2. The van der Waals surface area contributed by atoms with Crippen LogP contribution >= 0.6 is 11.6 Å². The zero-order valence-electron chi connectivity index (χ0n) is 19.9. The zero-order chi connectivity index (χ0) is 25.6. The maximum Gasteiger partial charge on any atom is 0.245 e. The van der Waals surface area contributed by atoms with Gasteiger partial charge in [-0.3, -0.25) is 15.0 Å². The molecule has 37 heavy (non-hydrogen) atoms. The molecule has 1 aliphatic heterocycles. The normalized spacial score (nSPS) is 13.6. The number of benzene rings is 1. The minimum absolute atomic E-state index is 0.188. The molecule has 0 saturated carbocycles. The van der Waals surface area contributed by atoms with Gasteiger partial charge in [0.05, 0.1) is 54.6 Å². The summed E-state index contributed by atoms with van der Waals surface area (Å²) in [4.78, 5) is 23.1. The molecule has 3 aromatic heterocycles. The second-order valence-corrected chi connectivity index (χ2v) is 8.59. The maximum absolute atomic E-state index is 14.2. The number of pyridine rings is 1. The third kappa shape index (κ3) is 6.13. The quantitative estimate of drug-likeness (QED) is 0.270. The molecule has 1 fully saturated rings. The van der Waals surface area contributed by atoms with Gasteiger partial charge in [-0.15, -0.1) is 0 Å². The van der Waals surface area contributed by atoms with Gasteiger partial charge in [0.1, 0.15) is 0 Å². The second kappa shape index (κ2) is 11.2. The van der Waals surface area contributed by atoms with Crippen LogP contribution < -0.4 is 15.6 Å². The number of ether oxygens (including phenoxy) is 1. The van der Waals surface area contributed by atoms with Crippen LogP contribution in [0.15, 0.2) is 60.2 Å². The molecule has 0 bridgehead atoms. The Morgan fingerprint density at radius 1 is 1.03 bits per heavy atom. The van der Waals surface area contributed by atoms with Gasteiger partial charge in [0.2, 0.25) is 5.95 Å². The second-order valence-electron chi connectivity index (χ2n) is 8.15. The summed E-state index contributed by atoms with van der Waals surface area (Å²) in [6, 6.07) is 9.30. The van der Waals surface area contributed by atoms with E-state index in [0.29, 0.717) is 37.0 Å². The highest BCUT2D eigenvalue weighted by molar-refractivity contribution is 6.31. The Hall–Kier alpha value is -4.22. The predicted molar refractivity (Wildman–Crippen MR) is 141 cm³/mol. The summed E-state index contributed by atoms with van der Waals surface area (Å²) in [5.74, 6) is -0.0735. The Morgan fingerprint density at radius 3 is 2.65 bits per heavy atom. The van der Waals surface area contributed by atoms with Gasteiger partial charge in [-0.05, 0) is 37.3 Å². The van der Waals surface area contributed by atoms with Crippen LogP contribution in [0.4, 0.5) is 27.5 Å². The van der Waals surface area contributed by atoms with Crippen molar-refractivity contribution in [3.05, 3.63) is 77.3 Å². The molecular formula is C25H23ClFN9O. The van der Waals surface area contributed by atoms with Crippen molar-refractivity contribution in [3.8, 4) is 11.3 Å². The number of morpholine rings is 1. The lowest BCUT2D eigenvalue weighted by Crippen LogP contribution is -2.37. The van der Waals surface area contributed by atoms with Gasteiger partial charge in [-0.25, -0.2) is 14.8 Å². The minimum Gasteiger partial charge on any atom is -0.378 e. The Kier molecular flexibility index (Phi) is 7.43. The van der Waals surface area contributed by atoms with Crippen LogP contribution in [0.3, 0.4) is 0 Å². The first-order chi connectivity index (χ1) is 18.0. The van der Waals surface area contributed by atoms with Crippen molar-refractivity contribution >= 4 is 41.0 Å². The van der Waals surface area contributed by atoms with E-state index in [2.05, 4.69) is 40.8 Å². The summed E-state index contributed by atoms with van der Waals surface area (Å²) in [6.07, 6.45) is 7.64. The number of aryl methyl sites for hydroxylation is 1. The summed E-state index contributed by atoms with van der Waals surface area (Å²) in [6.45, 7) is 4.09. The molecule has 1 saturated heterocycles. The Bertz CT molecular complexity index is 1410. The topological polar surface area (TPSA) is 113 Å². The molecule has 12 heteroatoms. The van der Waals surface area contributed by atoms with Gasteiger partial charge in [0, 0.05) is 41.8 Å². The van der Waals surface area contributed by atoms with Crippen LogP contribution in [0.5, 0.6) is 0 Å². The average molecular weight is 520 g/mol. The molecule has 10 nitrogen and oxygen atoms in total. The van der Waals surface area contributed by atoms with E-state index in [0.717, 1.165) is 34.5 Å². The Balaban J connectivity index is 1.23. The van der Waals surface area contributed by atoms with Crippen LogP contribution in [0.2, 0.25) is 5.02 Å². The first kappa shape index (κ1) is 24.5. The molecule has 4 aromatic rings. The van der Waals surface area contributed by atoms with E-state index in [1.165, 1.54) is 6.21 Å². The molecule has 0 unspecified atom stereocenters. The molecule has 5 rings (SSSR count). The van der Waals surface area contributed by atoms with E-state index in [1.54, 1.807) is 24.7 Å². The summed E-state index contributed by atoms with van der Waals surface area (Å²) >= 11 is 6.35. The monoisotopic (exact) mass is 519 g/mol. The van der Waals surface area contributed by atoms with E-state index in [9.17, 15) is 4.39 Å². The number of anilines is 4. The van der Waals surface area contributed by atoms with Crippen molar-refractivity contribution in [1.29, 1.82) is 0 Å². The summed E-state index contributed by atoms with van der Waals surface area (Å²) in [5, 5.41) is 8.01. The van der Waals surface area contributed by atoms with Gasteiger partial charge >= 0.3 is 0 Å². The Labute approximate surface area is 217 Å². The zero-order valence-corrected chi connectivity index (χ0v) is 20.7. The minimum atomic E-state index is -0.486. The average Bonchev–Trinajstić information content (AvgIpc) is 2.91. The van der Waals surface area contributed by atoms with Crippen molar-refractivity contribution in [3.63, 3.8) is 0 Å². The highest BCUT2D eigenvalue weighted by Crippen LogP contribution is 2.29. The van der Waals surface area contributed by atoms with E-state index < -0.39 is 5.82 Å². The first-order valence-corrected chi connectivity index (χ1v) is 11.9. The number of nitrogens with zero attached hydrogens (tertiary/aromatic N) is 7. The molecule has 2 N–H and O–H groups in total. The van der Waals surface area contributed by atoms with Gasteiger partial charge in [0.25, 0.3) is 0 Å². The van der Waals surface area contributed by atoms with Gasteiger partial charge in [-0.2, -0.15) is 10.1 Å². The maximum atomic E-state index is 14.2. The third-order valence-corrected chi connectivity index (χ3v) is 5.74. The molecular weight excluding hydrogens is 497 g/mol. The van der Waals surface area contributed by atoms with Crippen LogP contribution in [-0.2, 0) is 4.74 Å². The van der Waals surface area contributed by atoms with Crippen LogP contribution in [0.1, 0.15) is 11.4 Å². The highest BCUT2D eigenvalue weighted by Gasteiger charge is 2.17. The number of rotatable bonds is 7. The number of nitrogens with one attached hydrogen (secondary N) is 2. The SMILES string of the molecule is Cc1nccnc1-c1cc(Cl)cc(Nc2ccc(/C=N/Nc3ncc(F)c(N4CCOCC4)n3)nc2)c1. The van der Waals surface area contributed by atoms with E-state index >= 15 is 0 Å². The lowest BCUT2D eigenvalue weighted by atomic mass is 10.1. The first-order valence-electron chi connectivity index (χ1n) is 11.5. The predicted octanol–water partition coefficient (Wildman–Crippen LogP) is 4.46. The molecule has 1 aromatic carbocycles. The van der Waals surface area contributed by atoms with Crippen molar-refractivity contribution in [2.24, 2.45) is 5.10 Å². The number of hydrogen-bond acceptors (Lipinski definition) is 10. The molecule has 0 aliphatic carbocycles. The lowest BCUT2D eigenvalue weighted by Gasteiger charge is -2.27. The van der Waals surface area contributed by atoms with Crippen LogP contribution in [0, 0.1) is 12.7 Å². The summed E-state index contributed by atoms with van der Waals surface area (Å²) in [5.41, 5.74) is 7.35. The molecule has 188 valence electrons. The summed E-state index contributed by atoms with van der Waals surface area (Å²) < 4.78 is 19.5. The smallest absolute Gasteiger partial charge is 0.245 e. The van der Waals surface area contributed by atoms with Gasteiger partial charge in [-0.1, -0.05) is 11.6 Å². The summed E-state index contributed by atoms with van der Waals surface area (Å²) in [7, 11) is 0. The third-order valence-electron chi connectivity index (χ3n) is 5.53. The number of halogens is 2. The van der Waals surface area contributed by atoms with Crippen molar-refractivity contribution in [2.45, 2.75) is 6.92 Å². The van der Waals surface area contributed by atoms with E-state index in [1.807, 2.05) is 36.1 Å². The fourth-order valence-electron chi connectivity index (χ4n) is 3.78. The molecule has 0 amide bonds. The lowest BCUT2D eigenvalue weighted by molar-refractivity contribution is 0.122. The number of hydrazone groups is 1. The molecule has 0 atom stereocenters. The number of aromatic nitrogens is 5. The Morgan fingerprint density at radius 2 is 1.86 bits per heavy atom. The van der Waals surface area contributed by atoms with E-state index in [-0.39, 0.29) is 11.8 Å². The fraction of sp³-hybridized carbons (Fsp3) is 0.200. The standard InChI is InChI=1S/C25H23ClFN9O/c1-16-23(29-5-4-28-16)17-10-18(26)12-21(11-17)33-20-3-2-19(30-13-20)14-32-35-25-31-15-22(27)24(34-25)36-6-8-37-9-7-36/h2-5,10-15,33H,6-9H2,1H3,(H,31,34,35)/b32-14+.